The third-order valence-corrected chi connectivity index (χ3v) is 3.64. The number of ether oxygens (including phenoxy) is 1. The Labute approximate surface area is 111 Å². The highest BCUT2D eigenvalue weighted by atomic mass is 16.5. The number of hydrogen-bond acceptors (Lipinski definition) is 2. The Bertz CT molecular complexity index is 388. The van der Waals surface area contributed by atoms with Crippen LogP contribution in [0.2, 0.25) is 0 Å². The van der Waals surface area contributed by atoms with E-state index < -0.39 is 0 Å². The minimum Gasteiger partial charge on any atom is -0.496 e. The Morgan fingerprint density at radius 3 is 2.50 bits per heavy atom. The molecule has 0 aliphatic heterocycles. The van der Waals surface area contributed by atoms with Gasteiger partial charge in [-0.25, -0.2) is 0 Å². The summed E-state index contributed by atoms with van der Waals surface area (Å²) in [7, 11) is 1.76. The minimum atomic E-state index is 0.371. The van der Waals surface area contributed by atoms with Gasteiger partial charge in [-0.3, -0.25) is 0 Å². The molecule has 1 aromatic carbocycles. The van der Waals surface area contributed by atoms with Gasteiger partial charge in [0, 0.05) is 12.6 Å². The van der Waals surface area contributed by atoms with Gasteiger partial charge < -0.3 is 10.1 Å². The SMILES string of the molecule is COc1ccccc1C1CC(NCC(C)(C)C)C1. The molecule has 0 bridgehead atoms. The lowest BCUT2D eigenvalue weighted by atomic mass is 9.75. The van der Waals surface area contributed by atoms with E-state index in [4.69, 9.17) is 4.74 Å². The normalized spacial score (nSPS) is 23.6. The maximum atomic E-state index is 5.43. The number of nitrogens with one attached hydrogen (secondary N) is 1. The van der Waals surface area contributed by atoms with E-state index in [0.717, 1.165) is 12.3 Å². The van der Waals surface area contributed by atoms with Crippen LogP contribution in [0.25, 0.3) is 0 Å². The first kappa shape index (κ1) is 13.4. The van der Waals surface area contributed by atoms with Gasteiger partial charge in [-0.2, -0.15) is 0 Å². The molecule has 0 heterocycles. The number of methoxy groups -OCH3 is 1. The molecule has 0 aromatic heterocycles. The van der Waals surface area contributed by atoms with E-state index >= 15 is 0 Å². The first-order valence-electron chi connectivity index (χ1n) is 6.86. The Balaban J connectivity index is 1.85. The maximum Gasteiger partial charge on any atom is 0.122 e. The van der Waals surface area contributed by atoms with Crippen molar-refractivity contribution in [3.8, 4) is 5.75 Å². The maximum absolute atomic E-state index is 5.43. The van der Waals surface area contributed by atoms with Crippen LogP contribution in [0.1, 0.15) is 45.1 Å². The van der Waals surface area contributed by atoms with Crippen molar-refractivity contribution >= 4 is 0 Å². The van der Waals surface area contributed by atoms with Crippen molar-refractivity contribution < 1.29 is 4.74 Å². The molecule has 1 saturated carbocycles. The molecule has 0 amide bonds. The number of para-hydroxylation sites is 1. The number of benzene rings is 1. The van der Waals surface area contributed by atoms with Crippen LogP contribution in [0, 0.1) is 5.41 Å². The number of hydrogen-bond donors (Lipinski definition) is 1. The smallest absolute Gasteiger partial charge is 0.122 e. The van der Waals surface area contributed by atoms with E-state index in [1.54, 1.807) is 7.11 Å². The van der Waals surface area contributed by atoms with E-state index in [2.05, 4.69) is 44.3 Å². The fraction of sp³-hybridized carbons (Fsp3) is 0.625. The second-order valence-electron chi connectivity index (χ2n) is 6.55. The van der Waals surface area contributed by atoms with Crippen molar-refractivity contribution in [2.75, 3.05) is 13.7 Å². The highest BCUT2D eigenvalue weighted by Gasteiger charge is 2.32. The van der Waals surface area contributed by atoms with Gasteiger partial charge in [0.25, 0.3) is 0 Å². The largest absolute Gasteiger partial charge is 0.496 e. The predicted molar refractivity (Wildman–Crippen MR) is 76.2 cm³/mol. The van der Waals surface area contributed by atoms with E-state index in [-0.39, 0.29) is 0 Å². The lowest BCUT2D eigenvalue weighted by Gasteiger charge is -2.38. The van der Waals surface area contributed by atoms with Crippen molar-refractivity contribution in [3.63, 3.8) is 0 Å². The molecule has 0 radical (unpaired) electrons. The zero-order chi connectivity index (χ0) is 13.2. The summed E-state index contributed by atoms with van der Waals surface area (Å²) in [5, 5.41) is 3.66. The molecular formula is C16H25NO. The third kappa shape index (κ3) is 3.26. The summed E-state index contributed by atoms with van der Waals surface area (Å²) < 4.78 is 5.43. The zero-order valence-corrected chi connectivity index (χ0v) is 12.0. The molecule has 0 unspecified atom stereocenters. The van der Waals surface area contributed by atoms with Crippen LogP contribution < -0.4 is 10.1 Å². The summed E-state index contributed by atoms with van der Waals surface area (Å²) in [6.45, 7) is 7.92. The summed E-state index contributed by atoms with van der Waals surface area (Å²) in [6.07, 6.45) is 2.47. The summed E-state index contributed by atoms with van der Waals surface area (Å²) in [5.41, 5.74) is 1.74. The lowest BCUT2D eigenvalue weighted by molar-refractivity contribution is 0.250. The fourth-order valence-corrected chi connectivity index (χ4v) is 2.49. The Kier molecular flexibility index (Phi) is 3.96. The molecule has 0 saturated heterocycles. The molecule has 1 aliphatic rings. The van der Waals surface area contributed by atoms with Crippen LogP contribution >= 0.6 is 0 Å². The van der Waals surface area contributed by atoms with Gasteiger partial charge in [0.05, 0.1) is 7.11 Å². The second kappa shape index (κ2) is 5.31. The quantitative estimate of drug-likeness (QED) is 0.878. The molecule has 1 aliphatic carbocycles. The lowest BCUT2D eigenvalue weighted by Crippen LogP contribution is -2.43. The van der Waals surface area contributed by atoms with Crippen molar-refractivity contribution in [3.05, 3.63) is 29.8 Å². The van der Waals surface area contributed by atoms with Crippen LogP contribution in [-0.4, -0.2) is 19.7 Å². The van der Waals surface area contributed by atoms with Crippen LogP contribution in [0.4, 0.5) is 0 Å². The van der Waals surface area contributed by atoms with Crippen molar-refractivity contribution in [2.24, 2.45) is 5.41 Å². The highest BCUT2D eigenvalue weighted by molar-refractivity contribution is 5.37. The van der Waals surface area contributed by atoms with Gasteiger partial charge in [-0.1, -0.05) is 39.0 Å². The second-order valence-corrected chi connectivity index (χ2v) is 6.55. The average molecular weight is 247 g/mol. The highest BCUT2D eigenvalue weighted by Crippen LogP contribution is 2.41. The third-order valence-electron chi connectivity index (χ3n) is 3.64. The monoisotopic (exact) mass is 247 g/mol. The van der Waals surface area contributed by atoms with Gasteiger partial charge in [-0.15, -0.1) is 0 Å². The van der Waals surface area contributed by atoms with E-state index in [1.807, 2.05) is 6.07 Å². The topological polar surface area (TPSA) is 21.3 Å². The first-order valence-corrected chi connectivity index (χ1v) is 6.86. The first-order chi connectivity index (χ1) is 8.49. The molecule has 1 N–H and O–H groups in total. The van der Waals surface area contributed by atoms with E-state index in [1.165, 1.54) is 18.4 Å². The summed E-state index contributed by atoms with van der Waals surface area (Å²) in [5.74, 6) is 1.70. The average Bonchev–Trinajstić information content (AvgIpc) is 2.26. The summed E-state index contributed by atoms with van der Waals surface area (Å²) in [6, 6.07) is 9.08. The predicted octanol–water partition coefficient (Wildman–Crippen LogP) is 3.58. The van der Waals surface area contributed by atoms with Crippen molar-refractivity contribution in [1.29, 1.82) is 0 Å². The van der Waals surface area contributed by atoms with Crippen LogP contribution in [0.3, 0.4) is 0 Å². The molecular weight excluding hydrogens is 222 g/mol. The van der Waals surface area contributed by atoms with E-state index in [9.17, 15) is 0 Å². The number of rotatable bonds is 4. The van der Waals surface area contributed by atoms with Gasteiger partial charge in [0.1, 0.15) is 5.75 Å². The standard InChI is InChI=1S/C16H25NO/c1-16(2,3)11-17-13-9-12(10-13)14-7-5-6-8-15(14)18-4/h5-8,12-13,17H,9-11H2,1-4H3. The summed E-state index contributed by atoms with van der Waals surface area (Å²) in [4.78, 5) is 0. The molecule has 0 spiro atoms. The van der Waals surface area contributed by atoms with Gasteiger partial charge in [0.2, 0.25) is 0 Å². The Morgan fingerprint density at radius 1 is 1.22 bits per heavy atom. The van der Waals surface area contributed by atoms with Crippen LogP contribution in [-0.2, 0) is 0 Å². The molecule has 2 nitrogen and oxygen atoms in total. The van der Waals surface area contributed by atoms with Crippen molar-refractivity contribution in [1.82, 2.24) is 5.32 Å². The molecule has 100 valence electrons. The van der Waals surface area contributed by atoms with Gasteiger partial charge in [-0.05, 0) is 35.8 Å². The Morgan fingerprint density at radius 2 is 1.89 bits per heavy atom. The molecule has 2 heteroatoms. The van der Waals surface area contributed by atoms with E-state index in [0.29, 0.717) is 17.4 Å². The Hall–Kier alpha value is -1.02. The molecule has 18 heavy (non-hydrogen) atoms. The molecule has 1 fully saturated rings. The molecule has 2 rings (SSSR count). The zero-order valence-electron chi connectivity index (χ0n) is 12.0. The van der Waals surface area contributed by atoms with Crippen LogP contribution in [0.15, 0.2) is 24.3 Å². The molecule has 1 aromatic rings. The van der Waals surface area contributed by atoms with Crippen LogP contribution in [0.5, 0.6) is 5.75 Å². The minimum absolute atomic E-state index is 0.371. The molecule has 0 atom stereocenters. The van der Waals surface area contributed by atoms with Gasteiger partial charge in [0.15, 0.2) is 0 Å². The van der Waals surface area contributed by atoms with Gasteiger partial charge >= 0.3 is 0 Å². The fourth-order valence-electron chi connectivity index (χ4n) is 2.49. The summed E-state index contributed by atoms with van der Waals surface area (Å²) >= 11 is 0. The van der Waals surface area contributed by atoms with Crippen molar-refractivity contribution in [2.45, 2.75) is 45.6 Å².